The Morgan fingerprint density at radius 1 is 1.00 bits per heavy atom. The fraction of sp³-hybridized carbons (Fsp3) is 0.206. The number of halogens is 1. The van der Waals surface area contributed by atoms with E-state index < -0.39 is 0 Å². The summed E-state index contributed by atoms with van der Waals surface area (Å²) in [6.45, 7) is 2.61. The Morgan fingerprint density at radius 2 is 1.78 bits per heavy atom. The average Bonchev–Trinajstić information content (AvgIpc) is 3.85. The van der Waals surface area contributed by atoms with Crippen molar-refractivity contribution in [1.82, 2.24) is 25.1 Å². The zero-order chi connectivity index (χ0) is 31.9. The fourth-order valence-corrected chi connectivity index (χ4v) is 6.66. The van der Waals surface area contributed by atoms with Crippen LogP contribution in [-0.4, -0.2) is 49.7 Å². The summed E-state index contributed by atoms with van der Waals surface area (Å²) in [7, 11) is 0. The smallest absolute Gasteiger partial charge is 0.253 e. The van der Waals surface area contributed by atoms with Gasteiger partial charge in [0.2, 0.25) is 5.91 Å². The van der Waals surface area contributed by atoms with Crippen molar-refractivity contribution in [3.63, 3.8) is 0 Å². The van der Waals surface area contributed by atoms with Gasteiger partial charge in [-0.3, -0.25) is 14.2 Å². The molecule has 2 aromatic heterocycles. The summed E-state index contributed by atoms with van der Waals surface area (Å²) in [5.74, 6) is 0.580. The maximum absolute atomic E-state index is 13.7. The van der Waals surface area contributed by atoms with E-state index in [2.05, 4.69) is 15.5 Å². The van der Waals surface area contributed by atoms with Gasteiger partial charge in [-0.05, 0) is 65.9 Å². The van der Waals surface area contributed by atoms with E-state index in [1.165, 1.54) is 28.9 Å². The van der Waals surface area contributed by atoms with Gasteiger partial charge in [-0.1, -0.05) is 60.3 Å². The first-order valence-electron chi connectivity index (χ1n) is 14.8. The Balaban J connectivity index is 1.22. The van der Waals surface area contributed by atoms with Crippen molar-refractivity contribution in [2.45, 2.75) is 37.5 Å². The quantitative estimate of drug-likeness (QED) is 0.161. The maximum atomic E-state index is 13.7. The lowest BCUT2D eigenvalue weighted by atomic mass is 10.0. The summed E-state index contributed by atoms with van der Waals surface area (Å²) in [4.78, 5) is 27.5. The minimum absolute atomic E-state index is 0.0362. The molecule has 3 aromatic carbocycles. The van der Waals surface area contributed by atoms with Crippen LogP contribution in [0.1, 0.15) is 41.2 Å². The largest absolute Gasteiger partial charge is 0.494 e. The van der Waals surface area contributed by atoms with Crippen LogP contribution in [0, 0.1) is 5.82 Å². The van der Waals surface area contributed by atoms with Crippen molar-refractivity contribution in [3.8, 4) is 11.4 Å². The second-order valence-electron chi connectivity index (χ2n) is 10.4. The fourth-order valence-electron chi connectivity index (χ4n) is 5.12. The third-order valence-corrected chi connectivity index (χ3v) is 9.14. The molecule has 6 rings (SSSR count). The number of carbonyl (C=O) groups excluding carboxylic acids is 2. The number of benzene rings is 3. The lowest BCUT2D eigenvalue weighted by molar-refractivity contribution is -0.130. The van der Waals surface area contributed by atoms with Gasteiger partial charge in [0.05, 0.1) is 42.0 Å². The van der Waals surface area contributed by atoms with Crippen LogP contribution in [-0.2, 0) is 22.6 Å². The van der Waals surface area contributed by atoms with Crippen LogP contribution in [0.5, 0.6) is 5.75 Å². The number of nitrogens with zero attached hydrogens (tertiary/aromatic N) is 5. The highest BCUT2D eigenvalue weighted by Crippen LogP contribution is 2.35. The minimum atomic E-state index is -0.356. The van der Waals surface area contributed by atoms with Crippen LogP contribution in [0.2, 0.25) is 0 Å². The summed E-state index contributed by atoms with van der Waals surface area (Å²) >= 11 is 2.80. The van der Waals surface area contributed by atoms with Crippen LogP contribution in [0.3, 0.4) is 0 Å². The highest BCUT2D eigenvalue weighted by atomic mass is 32.2. The molecule has 0 spiro atoms. The van der Waals surface area contributed by atoms with E-state index in [1.807, 2.05) is 83.6 Å². The van der Waals surface area contributed by atoms with Crippen LogP contribution < -0.4 is 10.1 Å². The summed E-state index contributed by atoms with van der Waals surface area (Å²) in [6.07, 6.45) is 0.769. The number of hydrogen-bond acceptors (Lipinski definition) is 8. The number of carbonyl (C=O) groups is 2. The highest BCUT2D eigenvalue weighted by molar-refractivity contribution is 7.99. The molecule has 12 heteroatoms. The first-order chi connectivity index (χ1) is 22.5. The number of ether oxygens (including phenoxy) is 1. The molecule has 1 aliphatic rings. The molecule has 46 heavy (non-hydrogen) atoms. The maximum Gasteiger partial charge on any atom is 0.253 e. The number of thioether (sulfide) groups is 1. The molecule has 3 heterocycles. The predicted molar refractivity (Wildman–Crippen MR) is 177 cm³/mol. The molecule has 2 amide bonds. The van der Waals surface area contributed by atoms with Gasteiger partial charge in [0.1, 0.15) is 11.6 Å². The molecular formula is C34H31FN6O3S2. The molecule has 0 unspecified atom stereocenters. The second-order valence-corrected chi connectivity index (χ2v) is 12.3. The summed E-state index contributed by atoms with van der Waals surface area (Å²) in [6, 6.07) is 26.8. The van der Waals surface area contributed by atoms with Crippen LogP contribution >= 0.6 is 23.1 Å². The van der Waals surface area contributed by atoms with E-state index in [4.69, 9.17) is 9.84 Å². The minimum Gasteiger partial charge on any atom is -0.494 e. The number of aromatic nitrogens is 3. The lowest BCUT2D eigenvalue weighted by Gasteiger charge is -2.22. The third-order valence-electron chi connectivity index (χ3n) is 7.31. The summed E-state index contributed by atoms with van der Waals surface area (Å²) in [5.41, 5.74) is 3.29. The first kappa shape index (κ1) is 31.2. The van der Waals surface area contributed by atoms with E-state index in [1.54, 1.807) is 23.5 Å². The average molecular weight is 655 g/mol. The zero-order valence-corrected chi connectivity index (χ0v) is 26.6. The molecule has 1 atom stereocenters. The number of rotatable bonds is 12. The van der Waals surface area contributed by atoms with Gasteiger partial charge in [-0.2, -0.15) is 5.10 Å². The summed E-state index contributed by atoms with van der Waals surface area (Å²) in [5, 5.41) is 20.4. The topological polar surface area (TPSA) is 102 Å². The monoisotopic (exact) mass is 654 g/mol. The van der Waals surface area contributed by atoms with Crippen molar-refractivity contribution in [1.29, 1.82) is 0 Å². The molecule has 1 aliphatic heterocycles. The van der Waals surface area contributed by atoms with E-state index in [9.17, 15) is 14.0 Å². The van der Waals surface area contributed by atoms with Gasteiger partial charge in [0.25, 0.3) is 5.91 Å². The van der Waals surface area contributed by atoms with E-state index in [0.717, 1.165) is 33.2 Å². The zero-order valence-electron chi connectivity index (χ0n) is 25.0. The van der Waals surface area contributed by atoms with Gasteiger partial charge < -0.3 is 10.1 Å². The standard InChI is InChI=1S/C34H31FN6O3S2/c1-2-44-27-16-14-26(15-17-27)40-31(21-36-32(42)19-23-7-4-3-5-8-23)37-38-34(40)46-22-33(43)41-29(24-10-12-25(35)13-11-24)20-28(39-41)30-9-6-18-45-30/h3-18,29H,2,19-22H2,1H3,(H,36,42)/t29-/m0/s1. The molecule has 0 saturated heterocycles. The number of amides is 2. The second kappa shape index (κ2) is 14.5. The lowest BCUT2D eigenvalue weighted by Crippen LogP contribution is -2.28. The predicted octanol–water partition coefficient (Wildman–Crippen LogP) is 6.20. The van der Waals surface area contributed by atoms with Crippen LogP contribution in [0.25, 0.3) is 5.69 Å². The Labute approximate surface area is 274 Å². The van der Waals surface area contributed by atoms with E-state index in [-0.39, 0.29) is 42.4 Å². The van der Waals surface area contributed by atoms with Gasteiger partial charge >= 0.3 is 0 Å². The number of hydrogen-bond donors (Lipinski definition) is 1. The van der Waals surface area contributed by atoms with Crippen LogP contribution in [0.4, 0.5) is 4.39 Å². The molecule has 0 aliphatic carbocycles. The molecule has 0 fully saturated rings. The van der Waals surface area contributed by atoms with Crippen molar-refractivity contribution >= 4 is 40.6 Å². The van der Waals surface area contributed by atoms with Gasteiger partial charge in [-0.15, -0.1) is 21.5 Å². The van der Waals surface area contributed by atoms with E-state index in [0.29, 0.717) is 24.0 Å². The van der Waals surface area contributed by atoms with Crippen LogP contribution in [0.15, 0.2) is 107 Å². The van der Waals surface area contributed by atoms with Crippen molar-refractivity contribution in [2.75, 3.05) is 12.4 Å². The van der Waals surface area contributed by atoms with E-state index >= 15 is 0 Å². The molecule has 0 radical (unpaired) electrons. The van der Waals surface area contributed by atoms with Crippen molar-refractivity contribution < 1.29 is 18.7 Å². The Kier molecular flexibility index (Phi) is 9.85. The Bertz CT molecular complexity index is 1810. The SMILES string of the molecule is CCOc1ccc(-n2c(CNC(=O)Cc3ccccc3)nnc2SCC(=O)N2N=C(c3cccs3)C[C@H]2c2ccc(F)cc2)cc1. The Morgan fingerprint density at radius 3 is 2.50 bits per heavy atom. The summed E-state index contributed by atoms with van der Waals surface area (Å²) < 4.78 is 21.2. The third kappa shape index (κ3) is 7.35. The molecule has 0 bridgehead atoms. The normalized spacial score (nSPS) is 14.3. The molecule has 234 valence electrons. The number of nitrogens with one attached hydrogen (secondary N) is 1. The number of thiophene rings is 1. The van der Waals surface area contributed by atoms with Crippen molar-refractivity contribution in [3.05, 3.63) is 124 Å². The van der Waals surface area contributed by atoms with Gasteiger partial charge in [0, 0.05) is 12.1 Å². The van der Waals surface area contributed by atoms with Gasteiger partial charge in [0.15, 0.2) is 11.0 Å². The number of hydrazone groups is 1. The molecule has 5 aromatic rings. The first-order valence-corrected chi connectivity index (χ1v) is 16.6. The van der Waals surface area contributed by atoms with Gasteiger partial charge in [-0.25, -0.2) is 9.40 Å². The highest BCUT2D eigenvalue weighted by Gasteiger charge is 2.33. The molecule has 1 N–H and O–H groups in total. The molecule has 0 saturated carbocycles. The molecule has 9 nitrogen and oxygen atoms in total. The van der Waals surface area contributed by atoms with Crippen molar-refractivity contribution in [2.24, 2.45) is 5.10 Å². The Hall–Kier alpha value is -4.81. The molecular weight excluding hydrogens is 624 g/mol.